The van der Waals surface area contributed by atoms with Crippen molar-refractivity contribution in [1.82, 2.24) is 98.9 Å². The number of rotatable bonds is 17. The number of imidazole rings is 1. The number of nitrogens with one attached hydrogen (secondary N) is 16. The molecule has 40 nitrogen and oxygen atoms in total. The summed E-state index contributed by atoms with van der Waals surface area (Å²) in [5, 5.41) is 66.5. The summed E-state index contributed by atoms with van der Waals surface area (Å²) in [6.07, 6.45) is 0.705. The number of aliphatic hydroxyl groups is 1. The summed E-state index contributed by atoms with van der Waals surface area (Å²) < 4.78 is 0. The van der Waals surface area contributed by atoms with Crippen molar-refractivity contribution in [3.05, 3.63) is 90.3 Å². The van der Waals surface area contributed by atoms with Crippen LogP contribution in [0.25, 0.3) is 21.8 Å². The fourth-order valence-corrected chi connectivity index (χ4v) is 17.1. The molecule has 2 aromatic carbocycles. The fraction of sp³-hybridized carbons (Fsp3) is 0.544. The molecule has 121 heavy (non-hydrogen) atoms. The molecule has 42 heteroatoms. The van der Waals surface area contributed by atoms with Gasteiger partial charge in [-0.2, -0.15) is 0 Å². The Balaban J connectivity index is 1.14. The first kappa shape index (κ1) is 93.2. The van der Waals surface area contributed by atoms with Crippen molar-refractivity contribution in [3.8, 4) is 0 Å². The van der Waals surface area contributed by atoms with E-state index in [-0.39, 0.29) is 76.3 Å². The zero-order valence-electron chi connectivity index (χ0n) is 68.2. The van der Waals surface area contributed by atoms with Crippen molar-refractivity contribution in [2.24, 2.45) is 23.5 Å². The Kier molecular flexibility index (Phi) is 33.1. The van der Waals surface area contributed by atoms with Gasteiger partial charge in [-0.05, 0) is 93.4 Å². The van der Waals surface area contributed by atoms with E-state index in [4.69, 9.17) is 5.73 Å². The van der Waals surface area contributed by atoms with Crippen molar-refractivity contribution in [2.75, 3.05) is 31.1 Å². The molecule has 4 fully saturated rings. The third-order valence-corrected chi connectivity index (χ3v) is 23.5. The molecule has 0 spiro atoms. The number of H-pyrrole nitrogens is 3. The van der Waals surface area contributed by atoms with E-state index in [9.17, 15) is 72.9 Å². The lowest BCUT2D eigenvalue weighted by Gasteiger charge is -2.34. The molecular weight excluding hydrogens is 1610 g/mol. The van der Waals surface area contributed by atoms with Crippen molar-refractivity contribution in [1.29, 1.82) is 0 Å². The quantitative estimate of drug-likeness (QED) is 0.0417. The molecule has 9 rings (SSSR count). The maximum atomic E-state index is 15.5. The van der Waals surface area contributed by atoms with Gasteiger partial charge in [-0.1, -0.05) is 99.5 Å². The third-order valence-electron chi connectivity index (χ3n) is 21.1. The molecule has 15 amide bonds. The zero-order valence-corrected chi connectivity index (χ0v) is 69.9. The summed E-state index contributed by atoms with van der Waals surface area (Å²) in [6.45, 7) is 11.2. The number of carboxylic acids is 2. The van der Waals surface area contributed by atoms with E-state index in [1.54, 1.807) is 102 Å². The van der Waals surface area contributed by atoms with Crippen LogP contribution in [0.3, 0.4) is 0 Å². The molecule has 21 N–H and O–H groups in total. The lowest BCUT2D eigenvalue weighted by molar-refractivity contribution is -0.149. The smallest absolute Gasteiger partial charge is 0.305 e. The van der Waals surface area contributed by atoms with Gasteiger partial charge in [0.25, 0.3) is 0 Å². The number of benzene rings is 2. The molecule has 7 heterocycles. The molecule has 0 aliphatic carbocycles. The monoisotopic (exact) mass is 1720 g/mol. The minimum atomic E-state index is -1.99. The summed E-state index contributed by atoms with van der Waals surface area (Å²) in [7, 11) is 1.55. The van der Waals surface area contributed by atoms with Crippen molar-refractivity contribution < 1.29 is 96.8 Å². The lowest BCUT2D eigenvalue weighted by atomic mass is 9.98. The highest BCUT2D eigenvalue weighted by Crippen LogP contribution is 2.29. The number of hydrogen-bond donors (Lipinski definition) is 20. The molecule has 4 aliphatic rings. The number of aromatic amines is 3. The maximum Gasteiger partial charge on any atom is 0.305 e. The van der Waals surface area contributed by atoms with E-state index in [1.165, 1.54) is 26.4 Å². The topological polar surface area (TPSA) is 600 Å². The second-order valence-corrected chi connectivity index (χ2v) is 34.5. The maximum absolute atomic E-state index is 15.5. The van der Waals surface area contributed by atoms with E-state index in [0.717, 1.165) is 31.4 Å². The van der Waals surface area contributed by atoms with Crippen LogP contribution in [0.2, 0.25) is 0 Å². The van der Waals surface area contributed by atoms with Gasteiger partial charge >= 0.3 is 11.9 Å². The Morgan fingerprint density at radius 3 is 1.55 bits per heavy atom. The number of aromatic nitrogens is 4. The van der Waals surface area contributed by atoms with E-state index < -0.39 is 241 Å². The van der Waals surface area contributed by atoms with Crippen molar-refractivity contribution >= 4 is 144 Å². The van der Waals surface area contributed by atoms with E-state index in [0.29, 0.717) is 38.6 Å². The minimum absolute atomic E-state index is 0.0137. The molecule has 4 saturated heterocycles. The average Bonchev–Trinajstić information content (AvgIpc) is 1.66. The number of nitrogens with zero attached hydrogens (tertiary/aromatic N) is 3. The molecular formula is C79H108N20O20S2. The van der Waals surface area contributed by atoms with E-state index >= 15 is 24.0 Å². The molecule has 0 unspecified atom stereocenters. The van der Waals surface area contributed by atoms with Crippen LogP contribution in [0.5, 0.6) is 0 Å². The normalized spacial score (nSPS) is 27.0. The number of carboxylic acid groups (broad SMARTS) is 2. The van der Waals surface area contributed by atoms with Crippen molar-refractivity contribution in [3.63, 3.8) is 0 Å². The van der Waals surface area contributed by atoms with Gasteiger partial charge in [-0.15, -0.1) is 0 Å². The second-order valence-electron chi connectivity index (χ2n) is 32.0. The molecule has 656 valence electrons. The highest BCUT2D eigenvalue weighted by Gasteiger charge is 2.48. The standard InChI is InChI=1S/C79H108N20O20S2/c1-37(2)22-51-67(107)84-32-61(101)87-50(19-20-62(102)103)68(108)90-52(23-38(3)4)73(113)96-64(39(5)6)77(117)93-54(25-43-30-83-49-17-12-10-15-47(43)49)70(110)95-58-35-121-120-34-57(74(114)86-40(7)66(106)88-53(24-42-29-82-48-16-11-9-14-46(42)48)69(109)91-55(71(111)89-51)27-45-31-81-36-85-45)94-72(112)56(28-63(104)105)92-76(116)60-26-44(80)33-99(60)78(118)59-18-13-21-98(59)79(119)65(41(8)100)97-75(58)115/h9-12,14-17,29-31,36-41,44,50-60,64-65,82-83,100H,13,18-28,32-35,80H2,1-8H3,(H,81,85)(H,84,107)(H,86,114)(H,87,101)(H,88,106)(H,89,111)(H,90,108)(H,91,109)(H,92,116)(H,93,117)(H,94,112)(H,95,110)(H,96,113)(H,97,115)(H,102,103)(H,104,105)/t40-,41+,44+,50-,51-,52-,53-,54-,55-,56-,57-,58-,59+,60-,64-,65-/m0/s1. The van der Waals surface area contributed by atoms with Gasteiger partial charge in [0.15, 0.2) is 0 Å². The Morgan fingerprint density at radius 1 is 0.512 bits per heavy atom. The van der Waals surface area contributed by atoms with Crippen molar-refractivity contribution in [2.45, 2.75) is 223 Å². The number of carbonyl (C=O) groups is 17. The summed E-state index contributed by atoms with van der Waals surface area (Å²) in [6, 6.07) is -9.87. The average molecular weight is 1720 g/mol. The molecule has 2 bridgehead atoms. The number of aliphatic hydroxyl groups excluding tert-OH is 1. The summed E-state index contributed by atoms with van der Waals surface area (Å²) in [5.41, 5.74) is 8.89. The van der Waals surface area contributed by atoms with Crippen LogP contribution in [0.1, 0.15) is 124 Å². The summed E-state index contributed by atoms with van der Waals surface area (Å²) >= 11 is 0. The Bertz CT molecular complexity index is 4630. The van der Waals surface area contributed by atoms with Crippen LogP contribution in [0.15, 0.2) is 73.4 Å². The number of carbonyl (C=O) groups excluding carboxylic acids is 15. The molecule has 5 aromatic rings. The predicted molar refractivity (Wildman–Crippen MR) is 440 cm³/mol. The number of hydrogen-bond acceptors (Lipinski definition) is 22. The Labute approximate surface area is 703 Å². The predicted octanol–water partition coefficient (Wildman–Crippen LogP) is -2.85. The van der Waals surface area contributed by atoms with E-state index in [2.05, 4.69) is 89.1 Å². The minimum Gasteiger partial charge on any atom is -0.481 e. The fourth-order valence-electron chi connectivity index (χ4n) is 14.8. The summed E-state index contributed by atoms with van der Waals surface area (Å²) in [4.78, 5) is 263. The first-order chi connectivity index (χ1) is 57.4. The Hall–Kier alpha value is -11.7. The van der Waals surface area contributed by atoms with Gasteiger partial charge in [0, 0.05) is 102 Å². The van der Waals surface area contributed by atoms with E-state index in [1.807, 2.05) is 0 Å². The first-order valence-electron chi connectivity index (χ1n) is 40.1. The number of para-hydroxylation sites is 2. The van der Waals surface area contributed by atoms with Crippen LogP contribution in [-0.2, 0) is 101 Å². The number of aliphatic carboxylic acids is 2. The Morgan fingerprint density at radius 2 is 1.01 bits per heavy atom. The number of amides is 15. The lowest BCUT2D eigenvalue weighted by Crippen LogP contribution is -2.63. The van der Waals surface area contributed by atoms with Gasteiger partial charge in [-0.25, -0.2) is 4.98 Å². The van der Waals surface area contributed by atoms with Crippen LogP contribution in [0.4, 0.5) is 0 Å². The van der Waals surface area contributed by atoms with Crippen LogP contribution >= 0.6 is 21.6 Å². The van der Waals surface area contributed by atoms with Crippen LogP contribution in [0, 0.1) is 17.8 Å². The highest BCUT2D eigenvalue weighted by atomic mass is 33.1. The number of nitrogens with two attached hydrogens (primary N) is 1. The zero-order chi connectivity index (χ0) is 88.2. The van der Waals surface area contributed by atoms with Gasteiger partial charge in [0.1, 0.15) is 84.6 Å². The summed E-state index contributed by atoms with van der Waals surface area (Å²) in [5.74, 6) is -20.8. The van der Waals surface area contributed by atoms with Gasteiger partial charge in [-0.3, -0.25) is 81.5 Å². The van der Waals surface area contributed by atoms with Crippen LogP contribution in [-0.4, -0.2) is 273 Å². The largest absolute Gasteiger partial charge is 0.481 e. The molecule has 4 aliphatic heterocycles. The van der Waals surface area contributed by atoms with Crippen LogP contribution < -0.4 is 74.9 Å². The molecule has 3 aromatic heterocycles. The number of fused-ring (bicyclic) bond motifs is 9. The van der Waals surface area contributed by atoms with Gasteiger partial charge < -0.3 is 115 Å². The molecule has 16 atom stereocenters. The van der Waals surface area contributed by atoms with Gasteiger partial charge in [0.2, 0.25) is 88.6 Å². The third kappa shape index (κ3) is 25.7. The first-order valence-corrected chi connectivity index (χ1v) is 42.6. The molecule has 0 radical (unpaired) electrons. The molecule has 0 saturated carbocycles. The highest BCUT2D eigenvalue weighted by molar-refractivity contribution is 8.76. The second kappa shape index (κ2) is 43.0. The SMILES string of the molecule is CC(C)C[C@@H]1NC(=O)[C@H](Cc2cnc[nH]2)NC(=O)[C@H](Cc2c[nH]c3ccccc23)NC(=O)[C@H](C)NC(=O)[C@@H]2CSSC[C@H](NC(=O)[C@H](Cc3c[nH]c4ccccc34)NC(=O)[C@H](C(C)C)NC(=O)[C@H](CC(C)C)NC(=O)[C@H](CCC(=O)O)NC(=O)CNC1=O)C(=O)N[C@@H]([C@@H](C)O)C(=O)N1CCC[C@@H]1C(=O)N1C[C@H](N)C[C@H]1C(=O)N[C@@H](CC(=O)O)C(=O)N2. The van der Waals surface area contributed by atoms with Gasteiger partial charge in [0.05, 0.1) is 25.4 Å².